The van der Waals surface area contributed by atoms with Crippen molar-refractivity contribution in [1.82, 2.24) is 0 Å². The Hall–Kier alpha value is -0.560. The van der Waals surface area contributed by atoms with E-state index in [1.54, 1.807) is 0 Å². The van der Waals surface area contributed by atoms with E-state index in [4.69, 9.17) is 0 Å². The summed E-state index contributed by atoms with van der Waals surface area (Å²) in [6.07, 6.45) is 8.63. The van der Waals surface area contributed by atoms with Crippen LogP contribution < -0.4 is 0 Å². The van der Waals surface area contributed by atoms with Crippen LogP contribution in [-0.2, 0) is 0 Å². The molecule has 0 aromatic heterocycles. The number of rotatable bonds is 1. The Morgan fingerprint density at radius 3 is 3.17 bits per heavy atom. The first-order valence-electron chi connectivity index (χ1n) is 4.90. The summed E-state index contributed by atoms with van der Waals surface area (Å²) in [5, 5.41) is 9.39. The summed E-state index contributed by atoms with van der Waals surface area (Å²) in [6, 6.07) is 0. The molecule has 0 radical (unpaired) electrons. The molecule has 2 rings (SSSR count). The summed E-state index contributed by atoms with van der Waals surface area (Å²) in [4.78, 5) is 0. The van der Waals surface area contributed by atoms with Crippen molar-refractivity contribution in [2.24, 2.45) is 5.92 Å². The van der Waals surface area contributed by atoms with E-state index in [9.17, 15) is 5.11 Å². The van der Waals surface area contributed by atoms with E-state index in [0.29, 0.717) is 0 Å². The van der Waals surface area contributed by atoms with Gasteiger partial charge in [0, 0.05) is 0 Å². The smallest absolute Gasteiger partial charge is 0.0761 e. The Morgan fingerprint density at radius 1 is 1.58 bits per heavy atom. The molecule has 0 saturated heterocycles. The van der Waals surface area contributed by atoms with Gasteiger partial charge in [0.05, 0.1) is 6.10 Å². The maximum atomic E-state index is 9.39. The quantitative estimate of drug-likeness (QED) is 0.631. The lowest BCUT2D eigenvalue weighted by molar-refractivity contribution is 0.224. The van der Waals surface area contributed by atoms with Crippen LogP contribution in [0.1, 0.15) is 32.6 Å². The number of aliphatic hydroxyl groups is 1. The van der Waals surface area contributed by atoms with Gasteiger partial charge in [-0.1, -0.05) is 19.1 Å². The first kappa shape index (κ1) is 8.06. The zero-order chi connectivity index (χ0) is 8.55. The first-order valence-corrected chi connectivity index (χ1v) is 4.90. The molecule has 2 aliphatic rings. The van der Waals surface area contributed by atoms with Crippen LogP contribution >= 0.6 is 0 Å². The van der Waals surface area contributed by atoms with Crippen LogP contribution in [0.2, 0.25) is 0 Å². The van der Waals surface area contributed by atoms with E-state index in [2.05, 4.69) is 13.0 Å². The van der Waals surface area contributed by atoms with Crippen LogP contribution in [0.4, 0.5) is 0 Å². The molecule has 1 saturated carbocycles. The molecule has 0 aromatic carbocycles. The van der Waals surface area contributed by atoms with Gasteiger partial charge < -0.3 is 5.11 Å². The predicted octanol–water partition coefficient (Wildman–Crippen LogP) is 2.42. The molecule has 0 aliphatic heterocycles. The minimum Gasteiger partial charge on any atom is -0.389 e. The highest BCUT2D eigenvalue weighted by Gasteiger charge is 2.26. The molecule has 0 spiro atoms. The minimum atomic E-state index is -0.209. The Balaban J connectivity index is 2.22. The lowest BCUT2D eigenvalue weighted by Crippen LogP contribution is -2.08. The molecule has 1 N–H and O–H groups in total. The predicted molar refractivity (Wildman–Crippen MR) is 49.8 cm³/mol. The average Bonchev–Trinajstić information content (AvgIpc) is 2.46. The summed E-state index contributed by atoms with van der Waals surface area (Å²) in [6.45, 7) is 2.25. The molecule has 1 heteroatoms. The van der Waals surface area contributed by atoms with Crippen LogP contribution in [0.5, 0.6) is 0 Å². The molecule has 1 nitrogen and oxygen atoms in total. The fourth-order valence-electron chi connectivity index (χ4n) is 2.34. The van der Waals surface area contributed by atoms with E-state index in [1.807, 2.05) is 6.08 Å². The van der Waals surface area contributed by atoms with Crippen LogP contribution in [0.25, 0.3) is 0 Å². The normalized spacial score (nSPS) is 34.2. The molecule has 2 aliphatic carbocycles. The van der Waals surface area contributed by atoms with Gasteiger partial charge in [0.1, 0.15) is 0 Å². The van der Waals surface area contributed by atoms with Gasteiger partial charge in [0.2, 0.25) is 0 Å². The molecule has 12 heavy (non-hydrogen) atoms. The average molecular weight is 164 g/mol. The third-order valence-corrected chi connectivity index (χ3v) is 3.04. The Labute approximate surface area is 73.8 Å². The standard InChI is InChI=1S/C11H16O/c1-2-8-3-4-9-7-10(12)5-6-11(8)9/h6-8,10,12H,2-5H2,1H3/t8-,10-/m1/s1. The zero-order valence-corrected chi connectivity index (χ0v) is 7.59. The van der Waals surface area contributed by atoms with Crippen LogP contribution in [-0.4, -0.2) is 11.2 Å². The second-order valence-electron chi connectivity index (χ2n) is 3.80. The van der Waals surface area contributed by atoms with Crippen LogP contribution in [0, 0.1) is 5.92 Å². The molecular weight excluding hydrogens is 148 g/mol. The van der Waals surface area contributed by atoms with Crippen molar-refractivity contribution in [3.8, 4) is 0 Å². The van der Waals surface area contributed by atoms with Gasteiger partial charge in [0.15, 0.2) is 0 Å². The molecule has 0 heterocycles. The van der Waals surface area contributed by atoms with Crippen molar-refractivity contribution in [3.05, 3.63) is 23.3 Å². The highest BCUT2D eigenvalue weighted by molar-refractivity contribution is 5.40. The zero-order valence-electron chi connectivity index (χ0n) is 7.59. The van der Waals surface area contributed by atoms with Crippen molar-refractivity contribution < 1.29 is 5.11 Å². The van der Waals surface area contributed by atoms with E-state index in [0.717, 1.165) is 12.3 Å². The van der Waals surface area contributed by atoms with Crippen molar-refractivity contribution in [2.75, 3.05) is 0 Å². The SMILES string of the molecule is CC[C@@H]1CCC2=C[C@H](O)CC=C21. The van der Waals surface area contributed by atoms with Crippen molar-refractivity contribution in [3.63, 3.8) is 0 Å². The minimum absolute atomic E-state index is 0.209. The highest BCUT2D eigenvalue weighted by Crippen LogP contribution is 2.40. The highest BCUT2D eigenvalue weighted by atomic mass is 16.3. The summed E-state index contributed by atoms with van der Waals surface area (Å²) in [5.74, 6) is 0.781. The second kappa shape index (κ2) is 3.06. The Kier molecular flexibility index (Phi) is 2.05. The monoisotopic (exact) mass is 164 g/mol. The molecule has 0 unspecified atom stereocenters. The van der Waals surface area contributed by atoms with Gasteiger partial charge in [0.25, 0.3) is 0 Å². The summed E-state index contributed by atoms with van der Waals surface area (Å²) < 4.78 is 0. The molecule has 1 fully saturated rings. The van der Waals surface area contributed by atoms with Gasteiger partial charge in [-0.15, -0.1) is 0 Å². The second-order valence-corrected chi connectivity index (χ2v) is 3.80. The fourth-order valence-corrected chi connectivity index (χ4v) is 2.34. The lowest BCUT2D eigenvalue weighted by atomic mass is 9.92. The van der Waals surface area contributed by atoms with Crippen molar-refractivity contribution in [1.29, 1.82) is 0 Å². The van der Waals surface area contributed by atoms with Gasteiger partial charge in [-0.3, -0.25) is 0 Å². The topological polar surface area (TPSA) is 20.2 Å². The van der Waals surface area contributed by atoms with Gasteiger partial charge in [-0.25, -0.2) is 0 Å². The maximum Gasteiger partial charge on any atom is 0.0761 e. The largest absolute Gasteiger partial charge is 0.389 e. The third-order valence-electron chi connectivity index (χ3n) is 3.04. The number of aliphatic hydroxyl groups excluding tert-OH is 1. The van der Waals surface area contributed by atoms with Crippen molar-refractivity contribution >= 4 is 0 Å². The molecule has 2 atom stereocenters. The van der Waals surface area contributed by atoms with E-state index >= 15 is 0 Å². The fraction of sp³-hybridized carbons (Fsp3) is 0.636. The van der Waals surface area contributed by atoms with Gasteiger partial charge in [-0.05, 0) is 42.7 Å². The summed E-state index contributed by atoms with van der Waals surface area (Å²) in [5.41, 5.74) is 2.95. The number of allylic oxidation sites excluding steroid dienone is 2. The van der Waals surface area contributed by atoms with E-state index in [1.165, 1.54) is 30.4 Å². The third kappa shape index (κ3) is 1.22. The molecule has 66 valence electrons. The molecule has 0 amide bonds. The number of fused-ring (bicyclic) bond motifs is 1. The summed E-state index contributed by atoms with van der Waals surface area (Å²) in [7, 11) is 0. The lowest BCUT2D eigenvalue weighted by Gasteiger charge is -2.16. The van der Waals surface area contributed by atoms with Gasteiger partial charge >= 0.3 is 0 Å². The molecule has 0 bridgehead atoms. The van der Waals surface area contributed by atoms with E-state index in [-0.39, 0.29) is 6.10 Å². The first-order chi connectivity index (χ1) is 5.81. The molecular formula is C11H16O. The van der Waals surface area contributed by atoms with Crippen LogP contribution in [0.3, 0.4) is 0 Å². The number of hydrogen-bond donors (Lipinski definition) is 1. The van der Waals surface area contributed by atoms with Crippen molar-refractivity contribution in [2.45, 2.75) is 38.7 Å². The Bertz CT molecular complexity index is 237. The number of hydrogen-bond acceptors (Lipinski definition) is 1. The Morgan fingerprint density at radius 2 is 2.42 bits per heavy atom. The van der Waals surface area contributed by atoms with E-state index < -0.39 is 0 Å². The van der Waals surface area contributed by atoms with Gasteiger partial charge in [-0.2, -0.15) is 0 Å². The summed E-state index contributed by atoms with van der Waals surface area (Å²) >= 11 is 0. The van der Waals surface area contributed by atoms with Crippen LogP contribution in [0.15, 0.2) is 23.3 Å². The maximum absolute atomic E-state index is 9.39. The molecule has 0 aromatic rings.